The minimum Gasteiger partial charge on any atom is -0.383 e. The quantitative estimate of drug-likeness (QED) is 0.571. The topological polar surface area (TPSA) is 50.4 Å². The molecule has 1 aromatic carbocycles. The fraction of sp³-hybridized carbons (Fsp3) is 0.462. The molecule has 0 radical (unpaired) electrons. The number of nitrogens with zero attached hydrogens (tertiary/aromatic N) is 1. The second kappa shape index (κ2) is 7.01. The zero-order valence-electron chi connectivity index (χ0n) is 10.2. The summed E-state index contributed by atoms with van der Waals surface area (Å²) in [4.78, 5) is 4.44. The summed E-state index contributed by atoms with van der Waals surface area (Å²) in [6.45, 7) is 5.70. The van der Waals surface area contributed by atoms with E-state index in [-0.39, 0.29) is 0 Å². The molecule has 0 aromatic heterocycles. The van der Waals surface area contributed by atoms with Gasteiger partial charge in [-0.15, -0.1) is 0 Å². The zero-order chi connectivity index (χ0) is 11.8. The summed E-state index contributed by atoms with van der Waals surface area (Å²) in [6, 6.07) is 6.26. The molecule has 0 spiro atoms. The minimum absolute atomic E-state index is 0.715. The van der Waals surface area contributed by atoms with Crippen LogP contribution < -0.4 is 11.1 Å². The van der Waals surface area contributed by atoms with Crippen molar-refractivity contribution in [2.75, 3.05) is 18.4 Å². The molecule has 0 amide bonds. The molecule has 0 aliphatic rings. The Morgan fingerprint density at radius 3 is 2.88 bits per heavy atom. The first-order valence-corrected chi connectivity index (χ1v) is 5.88. The first-order chi connectivity index (χ1) is 7.83. The average molecular weight is 219 g/mol. The maximum absolute atomic E-state index is 5.48. The van der Waals surface area contributed by atoms with Crippen LogP contribution in [0.2, 0.25) is 0 Å². The Kier molecular flexibility index (Phi) is 5.57. The largest absolute Gasteiger partial charge is 0.383 e. The Morgan fingerprint density at radius 1 is 1.44 bits per heavy atom. The van der Waals surface area contributed by atoms with E-state index in [1.807, 2.05) is 13.1 Å². The van der Waals surface area contributed by atoms with E-state index in [1.165, 1.54) is 5.56 Å². The molecule has 16 heavy (non-hydrogen) atoms. The van der Waals surface area contributed by atoms with Gasteiger partial charge in [-0.2, -0.15) is 0 Å². The summed E-state index contributed by atoms with van der Waals surface area (Å²) in [5, 5.41) is 3.38. The SMILES string of the molecule is CC=Nc1c(CC)cccc1NCCCN. The van der Waals surface area contributed by atoms with Gasteiger partial charge in [0.05, 0.1) is 11.4 Å². The molecule has 1 rings (SSSR count). The molecule has 3 nitrogen and oxygen atoms in total. The molecule has 0 atom stereocenters. The highest BCUT2D eigenvalue weighted by atomic mass is 14.9. The Morgan fingerprint density at radius 2 is 2.25 bits per heavy atom. The lowest BCUT2D eigenvalue weighted by molar-refractivity contribution is 0.874. The summed E-state index contributed by atoms with van der Waals surface area (Å²) in [5.74, 6) is 0. The van der Waals surface area contributed by atoms with Crippen molar-refractivity contribution in [3.05, 3.63) is 23.8 Å². The van der Waals surface area contributed by atoms with Crippen LogP contribution >= 0.6 is 0 Å². The van der Waals surface area contributed by atoms with Crippen molar-refractivity contribution in [3.8, 4) is 0 Å². The van der Waals surface area contributed by atoms with E-state index in [0.29, 0.717) is 6.54 Å². The first-order valence-electron chi connectivity index (χ1n) is 5.88. The van der Waals surface area contributed by atoms with Gasteiger partial charge < -0.3 is 11.1 Å². The molecule has 0 aliphatic heterocycles. The monoisotopic (exact) mass is 219 g/mol. The second-order valence-electron chi connectivity index (χ2n) is 3.62. The van der Waals surface area contributed by atoms with E-state index in [0.717, 1.165) is 30.8 Å². The highest BCUT2D eigenvalue weighted by Gasteiger charge is 2.04. The van der Waals surface area contributed by atoms with Gasteiger partial charge >= 0.3 is 0 Å². The van der Waals surface area contributed by atoms with Gasteiger partial charge in [-0.05, 0) is 37.9 Å². The predicted molar refractivity (Wildman–Crippen MR) is 71.8 cm³/mol. The number of benzene rings is 1. The van der Waals surface area contributed by atoms with E-state index in [9.17, 15) is 0 Å². The molecule has 0 bridgehead atoms. The van der Waals surface area contributed by atoms with Gasteiger partial charge in [-0.25, -0.2) is 0 Å². The molecule has 3 N–H and O–H groups in total. The number of hydrogen-bond acceptors (Lipinski definition) is 3. The predicted octanol–water partition coefficient (Wildman–Crippen LogP) is 2.73. The van der Waals surface area contributed by atoms with E-state index in [1.54, 1.807) is 0 Å². The maximum atomic E-state index is 5.48. The Balaban J connectivity index is 2.88. The van der Waals surface area contributed by atoms with Crippen LogP contribution in [-0.4, -0.2) is 19.3 Å². The summed E-state index contributed by atoms with van der Waals surface area (Å²) < 4.78 is 0. The van der Waals surface area contributed by atoms with Crippen LogP contribution in [0, 0.1) is 0 Å². The van der Waals surface area contributed by atoms with Crippen molar-refractivity contribution in [2.45, 2.75) is 26.7 Å². The van der Waals surface area contributed by atoms with Gasteiger partial charge in [0.15, 0.2) is 0 Å². The van der Waals surface area contributed by atoms with Crippen LogP contribution in [0.4, 0.5) is 11.4 Å². The van der Waals surface area contributed by atoms with Crippen molar-refractivity contribution >= 4 is 17.6 Å². The van der Waals surface area contributed by atoms with Crippen LogP contribution in [0.25, 0.3) is 0 Å². The number of rotatable bonds is 6. The van der Waals surface area contributed by atoms with Crippen LogP contribution in [-0.2, 0) is 6.42 Å². The lowest BCUT2D eigenvalue weighted by Gasteiger charge is -2.11. The van der Waals surface area contributed by atoms with Crippen molar-refractivity contribution in [2.24, 2.45) is 10.7 Å². The first kappa shape index (κ1) is 12.7. The number of aryl methyl sites for hydroxylation is 1. The highest BCUT2D eigenvalue weighted by Crippen LogP contribution is 2.29. The Hall–Kier alpha value is -1.35. The van der Waals surface area contributed by atoms with E-state index in [2.05, 4.69) is 35.4 Å². The fourth-order valence-corrected chi connectivity index (χ4v) is 1.63. The highest BCUT2D eigenvalue weighted by molar-refractivity contribution is 5.74. The van der Waals surface area contributed by atoms with Crippen LogP contribution in [0.5, 0.6) is 0 Å². The molecular weight excluding hydrogens is 198 g/mol. The van der Waals surface area contributed by atoms with Gasteiger partial charge in [0.25, 0.3) is 0 Å². The lowest BCUT2D eigenvalue weighted by atomic mass is 10.1. The van der Waals surface area contributed by atoms with Crippen LogP contribution in [0.3, 0.4) is 0 Å². The van der Waals surface area contributed by atoms with Gasteiger partial charge in [0.1, 0.15) is 0 Å². The smallest absolute Gasteiger partial charge is 0.0888 e. The van der Waals surface area contributed by atoms with Crippen LogP contribution in [0.1, 0.15) is 25.8 Å². The number of hydrogen-bond donors (Lipinski definition) is 2. The van der Waals surface area contributed by atoms with Gasteiger partial charge in [-0.3, -0.25) is 4.99 Å². The summed E-state index contributed by atoms with van der Waals surface area (Å²) in [5.41, 5.74) is 8.91. The number of anilines is 1. The van der Waals surface area contributed by atoms with Crippen molar-refractivity contribution in [3.63, 3.8) is 0 Å². The Bertz CT molecular complexity index is 345. The van der Waals surface area contributed by atoms with Gasteiger partial charge in [0, 0.05) is 12.8 Å². The third kappa shape index (κ3) is 3.35. The van der Waals surface area contributed by atoms with E-state index < -0.39 is 0 Å². The van der Waals surface area contributed by atoms with E-state index in [4.69, 9.17) is 5.73 Å². The molecule has 0 saturated heterocycles. The van der Waals surface area contributed by atoms with Gasteiger partial charge in [-0.1, -0.05) is 19.1 Å². The zero-order valence-corrected chi connectivity index (χ0v) is 10.2. The third-order valence-corrected chi connectivity index (χ3v) is 2.46. The fourth-order valence-electron chi connectivity index (χ4n) is 1.63. The van der Waals surface area contributed by atoms with Crippen molar-refractivity contribution in [1.82, 2.24) is 0 Å². The third-order valence-electron chi connectivity index (χ3n) is 2.46. The maximum Gasteiger partial charge on any atom is 0.0888 e. The molecule has 0 aliphatic carbocycles. The normalized spacial score (nSPS) is 10.9. The van der Waals surface area contributed by atoms with E-state index >= 15 is 0 Å². The molecule has 88 valence electrons. The number of nitrogens with one attached hydrogen (secondary N) is 1. The molecule has 1 aromatic rings. The number of para-hydroxylation sites is 1. The molecule has 0 heterocycles. The summed E-state index contributed by atoms with van der Waals surface area (Å²) in [7, 11) is 0. The van der Waals surface area contributed by atoms with Crippen molar-refractivity contribution in [1.29, 1.82) is 0 Å². The minimum atomic E-state index is 0.715. The lowest BCUT2D eigenvalue weighted by Crippen LogP contribution is -2.08. The molecule has 0 saturated carbocycles. The molecule has 0 unspecified atom stereocenters. The average Bonchev–Trinajstić information content (AvgIpc) is 2.31. The number of nitrogens with two attached hydrogens (primary N) is 1. The summed E-state index contributed by atoms with van der Waals surface area (Å²) >= 11 is 0. The molecular formula is C13H21N3. The molecule has 3 heteroatoms. The Labute approximate surface area is 97.8 Å². The van der Waals surface area contributed by atoms with Crippen LogP contribution in [0.15, 0.2) is 23.2 Å². The molecule has 0 fully saturated rings. The summed E-state index contributed by atoms with van der Waals surface area (Å²) in [6.07, 6.45) is 3.81. The van der Waals surface area contributed by atoms with Gasteiger partial charge in [0.2, 0.25) is 0 Å². The standard InChI is InChI=1S/C13H21N3/c1-3-11-7-5-8-12(13(11)15-4-2)16-10-6-9-14/h4-5,7-8,16H,3,6,9-10,14H2,1-2H3. The second-order valence-corrected chi connectivity index (χ2v) is 3.62. The number of aliphatic imine (C=N–C) groups is 1. The van der Waals surface area contributed by atoms with Crippen molar-refractivity contribution < 1.29 is 0 Å².